The van der Waals surface area contributed by atoms with Crippen molar-refractivity contribution in [2.24, 2.45) is 0 Å². The average Bonchev–Trinajstić information content (AvgIpc) is 2.46. The highest BCUT2D eigenvalue weighted by molar-refractivity contribution is 5.66. The molecule has 0 spiro atoms. The lowest BCUT2D eigenvalue weighted by molar-refractivity contribution is -0.137. The summed E-state index contributed by atoms with van der Waals surface area (Å²) in [4.78, 5) is 10.5. The SMILES string of the molecule is CCc1ccc(C(O)C(CC)NCCCC(=O)O)cc1. The van der Waals surface area contributed by atoms with Gasteiger partial charge in [0, 0.05) is 12.5 Å². The molecule has 1 rings (SSSR count). The molecule has 0 saturated heterocycles. The standard InChI is InChI=1S/C16H25NO3/c1-3-12-7-9-13(10-8-12)16(20)14(4-2)17-11-5-6-15(18)19/h7-10,14,16-17,20H,3-6,11H2,1-2H3,(H,18,19). The predicted octanol–water partition coefficient (Wildman–Crippen LogP) is 2.52. The summed E-state index contributed by atoms with van der Waals surface area (Å²) in [6.07, 6.45) is 1.96. The highest BCUT2D eigenvalue weighted by Gasteiger charge is 2.18. The van der Waals surface area contributed by atoms with Crippen molar-refractivity contribution in [1.29, 1.82) is 0 Å². The van der Waals surface area contributed by atoms with Crippen LogP contribution in [0.3, 0.4) is 0 Å². The van der Waals surface area contributed by atoms with Crippen molar-refractivity contribution >= 4 is 5.97 Å². The molecule has 0 amide bonds. The lowest BCUT2D eigenvalue weighted by atomic mass is 9.98. The second kappa shape index (κ2) is 8.72. The van der Waals surface area contributed by atoms with Gasteiger partial charge in [-0.25, -0.2) is 0 Å². The van der Waals surface area contributed by atoms with Crippen molar-refractivity contribution in [1.82, 2.24) is 5.32 Å². The van der Waals surface area contributed by atoms with Gasteiger partial charge >= 0.3 is 5.97 Å². The van der Waals surface area contributed by atoms with Gasteiger partial charge in [0.1, 0.15) is 0 Å². The molecule has 0 saturated carbocycles. The van der Waals surface area contributed by atoms with Crippen molar-refractivity contribution in [2.75, 3.05) is 6.54 Å². The second-order valence-corrected chi connectivity index (χ2v) is 5.01. The molecular weight excluding hydrogens is 254 g/mol. The van der Waals surface area contributed by atoms with E-state index in [4.69, 9.17) is 5.11 Å². The van der Waals surface area contributed by atoms with Crippen LogP contribution in [0.25, 0.3) is 0 Å². The zero-order valence-electron chi connectivity index (χ0n) is 12.3. The highest BCUT2D eigenvalue weighted by Crippen LogP contribution is 2.19. The Labute approximate surface area is 120 Å². The van der Waals surface area contributed by atoms with Crippen LogP contribution in [-0.4, -0.2) is 28.8 Å². The van der Waals surface area contributed by atoms with Gasteiger partial charge in [-0.2, -0.15) is 0 Å². The van der Waals surface area contributed by atoms with Crippen LogP contribution in [0.2, 0.25) is 0 Å². The van der Waals surface area contributed by atoms with Crippen molar-refractivity contribution in [3.8, 4) is 0 Å². The molecular formula is C16H25NO3. The number of benzene rings is 1. The average molecular weight is 279 g/mol. The summed E-state index contributed by atoms with van der Waals surface area (Å²) in [5.74, 6) is -0.782. The van der Waals surface area contributed by atoms with Gasteiger partial charge < -0.3 is 15.5 Å². The molecule has 0 heterocycles. The molecule has 4 heteroatoms. The number of nitrogens with one attached hydrogen (secondary N) is 1. The number of aryl methyl sites for hydroxylation is 1. The topological polar surface area (TPSA) is 69.6 Å². The highest BCUT2D eigenvalue weighted by atomic mass is 16.4. The van der Waals surface area contributed by atoms with Crippen LogP contribution in [0, 0.1) is 0 Å². The molecule has 0 fully saturated rings. The fraction of sp³-hybridized carbons (Fsp3) is 0.562. The van der Waals surface area contributed by atoms with E-state index in [0.717, 1.165) is 18.4 Å². The Morgan fingerprint density at radius 2 is 1.90 bits per heavy atom. The molecule has 0 aliphatic rings. The van der Waals surface area contributed by atoms with Crippen LogP contribution in [0.1, 0.15) is 50.3 Å². The van der Waals surface area contributed by atoms with E-state index in [-0.39, 0.29) is 12.5 Å². The lowest BCUT2D eigenvalue weighted by Gasteiger charge is -2.23. The van der Waals surface area contributed by atoms with Crippen LogP contribution in [0.5, 0.6) is 0 Å². The van der Waals surface area contributed by atoms with E-state index < -0.39 is 12.1 Å². The van der Waals surface area contributed by atoms with Crippen LogP contribution in [0.15, 0.2) is 24.3 Å². The summed E-state index contributed by atoms with van der Waals surface area (Å²) >= 11 is 0. The smallest absolute Gasteiger partial charge is 0.303 e. The minimum Gasteiger partial charge on any atom is -0.481 e. The number of aliphatic hydroxyl groups excluding tert-OH is 1. The lowest BCUT2D eigenvalue weighted by Crippen LogP contribution is -2.35. The number of hydrogen-bond donors (Lipinski definition) is 3. The third-order valence-electron chi connectivity index (χ3n) is 3.52. The molecule has 1 aromatic rings. The van der Waals surface area contributed by atoms with E-state index in [1.54, 1.807) is 0 Å². The first-order valence-corrected chi connectivity index (χ1v) is 7.30. The number of rotatable bonds is 9. The predicted molar refractivity (Wildman–Crippen MR) is 79.7 cm³/mol. The summed E-state index contributed by atoms with van der Waals surface area (Å²) in [6.45, 7) is 4.72. The van der Waals surface area contributed by atoms with E-state index >= 15 is 0 Å². The van der Waals surface area contributed by atoms with Crippen LogP contribution in [0.4, 0.5) is 0 Å². The van der Waals surface area contributed by atoms with Gasteiger partial charge in [0.05, 0.1) is 6.10 Å². The Morgan fingerprint density at radius 3 is 2.40 bits per heavy atom. The first kappa shape index (κ1) is 16.7. The molecule has 4 nitrogen and oxygen atoms in total. The molecule has 0 aliphatic carbocycles. The van der Waals surface area contributed by atoms with E-state index in [1.807, 2.05) is 31.2 Å². The van der Waals surface area contributed by atoms with Gasteiger partial charge in [-0.3, -0.25) is 4.79 Å². The molecule has 2 atom stereocenters. The quantitative estimate of drug-likeness (QED) is 0.608. The van der Waals surface area contributed by atoms with Gasteiger partial charge in [-0.15, -0.1) is 0 Å². The molecule has 0 aliphatic heterocycles. The summed E-state index contributed by atoms with van der Waals surface area (Å²) in [6, 6.07) is 7.96. The zero-order valence-corrected chi connectivity index (χ0v) is 12.3. The Kier molecular flexibility index (Phi) is 7.26. The molecule has 0 aromatic heterocycles. The minimum absolute atomic E-state index is 0.0451. The summed E-state index contributed by atoms with van der Waals surface area (Å²) in [7, 11) is 0. The molecule has 20 heavy (non-hydrogen) atoms. The Bertz CT molecular complexity index is 403. The van der Waals surface area contributed by atoms with E-state index in [2.05, 4.69) is 12.2 Å². The summed E-state index contributed by atoms with van der Waals surface area (Å²) in [5, 5.41) is 22.2. The number of carboxylic acid groups (broad SMARTS) is 1. The van der Waals surface area contributed by atoms with E-state index in [1.165, 1.54) is 5.56 Å². The fourth-order valence-electron chi connectivity index (χ4n) is 2.19. The Hall–Kier alpha value is -1.39. The van der Waals surface area contributed by atoms with E-state index in [9.17, 15) is 9.90 Å². The van der Waals surface area contributed by atoms with Gasteiger partial charge in [0.25, 0.3) is 0 Å². The molecule has 1 aromatic carbocycles. The number of carboxylic acids is 1. The number of carbonyl (C=O) groups is 1. The number of aliphatic carboxylic acids is 1. The molecule has 112 valence electrons. The van der Waals surface area contributed by atoms with Crippen molar-refractivity contribution in [2.45, 2.75) is 51.7 Å². The van der Waals surface area contributed by atoms with Crippen LogP contribution < -0.4 is 5.32 Å². The molecule has 3 N–H and O–H groups in total. The normalized spacial score (nSPS) is 13.9. The maximum atomic E-state index is 10.5. The van der Waals surface area contributed by atoms with Gasteiger partial charge in [0.15, 0.2) is 0 Å². The monoisotopic (exact) mass is 279 g/mol. The first-order valence-electron chi connectivity index (χ1n) is 7.30. The Morgan fingerprint density at radius 1 is 1.25 bits per heavy atom. The fourth-order valence-corrected chi connectivity index (χ4v) is 2.19. The number of hydrogen-bond acceptors (Lipinski definition) is 3. The minimum atomic E-state index is -0.782. The largest absolute Gasteiger partial charge is 0.481 e. The van der Waals surface area contributed by atoms with Crippen LogP contribution >= 0.6 is 0 Å². The molecule has 2 unspecified atom stereocenters. The van der Waals surface area contributed by atoms with Crippen molar-refractivity contribution in [3.63, 3.8) is 0 Å². The summed E-state index contributed by atoms with van der Waals surface area (Å²) in [5.41, 5.74) is 2.16. The molecule has 0 bridgehead atoms. The maximum absolute atomic E-state index is 10.5. The van der Waals surface area contributed by atoms with Crippen molar-refractivity contribution in [3.05, 3.63) is 35.4 Å². The maximum Gasteiger partial charge on any atom is 0.303 e. The van der Waals surface area contributed by atoms with E-state index in [0.29, 0.717) is 13.0 Å². The Balaban J connectivity index is 2.52. The number of aliphatic hydroxyl groups is 1. The van der Waals surface area contributed by atoms with Gasteiger partial charge in [-0.05, 0) is 36.9 Å². The second-order valence-electron chi connectivity index (χ2n) is 5.01. The summed E-state index contributed by atoms with van der Waals surface area (Å²) < 4.78 is 0. The third-order valence-corrected chi connectivity index (χ3v) is 3.52. The van der Waals surface area contributed by atoms with Crippen molar-refractivity contribution < 1.29 is 15.0 Å². The third kappa shape index (κ3) is 5.31. The zero-order chi connectivity index (χ0) is 15.0. The van der Waals surface area contributed by atoms with Gasteiger partial charge in [-0.1, -0.05) is 38.1 Å². The first-order chi connectivity index (χ1) is 9.58. The molecule has 0 radical (unpaired) electrons. The van der Waals surface area contributed by atoms with Gasteiger partial charge in [0.2, 0.25) is 0 Å². The van der Waals surface area contributed by atoms with Crippen LogP contribution in [-0.2, 0) is 11.2 Å².